The number of nitrogens with zero attached hydrogens (tertiary/aromatic N) is 1. The summed E-state index contributed by atoms with van der Waals surface area (Å²) in [5, 5.41) is 0. The molecule has 1 aromatic rings. The van der Waals surface area contributed by atoms with Crippen LogP contribution >= 0.6 is 11.6 Å². The number of hydrogen-bond donors (Lipinski definition) is 0. The van der Waals surface area contributed by atoms with E-state index in [0.29, 0.717) is 6.04 Å². The third kappa shape index (κ3) is 2.28. The van der Waals surface area contributed by atoms with Crippen LogP contribution in [0.1, 0.15) is 18.4 Å². The van der Waals surface area contributed by atoms with Crippen LogP contribution < -0.4 is 0 Å². The Morgan fingerprint density at radius 2 is 2.07 bits per heavy atom. The number of halogens is 1. The van der Waals surface area contributed by atoms with E-state index >= 15 is 0 Å². The molecule has 0 spiro atoms. The molecule has 14 heavy (non-hydrogen) atoms. The Hall–Kier alpha value is -0.530. The van der Waals surface area contributed by atoms with E-state index in [9.17, 15) is 0 Å². The Balaban J connectivity index is 1.97. The fourth-order valence-electron chi connectivity index (χ4n) is 2.10. The Morgan fingerprint density at radius 3 is 2.79 bits per heavy atom. The fraction of sp³-hybridized carbons (Fsp3) is 0.500. The number of likely N-dealkylation sites (tertiary alicyclic amines) is 1. The molecule has 1 saturated heterocycles. The third-order valence-electron chi connectivity index (χ3n) is 2.91. The Labute approximate surface area is 90.7 Å². The zero-order chi connectivity index (χ0) is 9.80. The minimum absolute atomic E-state index is 0.594. The Kier molecular flexibility index (Phi) is 3.44. The summed E-state index contributed by atoms with van der Waals surface area (Å²) < 4.78 is 0. The van der Waals surface area contributed by atoms with E-state index in [1.54, 1.807) is 0 Å². The van der Waals surface area contributed by atoms with Gasteiger partial charge in [0.2, 0.25) is 0 Å². The first-order valence-electron chi connectivity index (χ1n) is 5.24. The van der Waals surface area contributed by atoms with Crippen LogP contribution in [0.5, 0.6) is 0 Å². The van der Waals surface area contributed by atoms with Gasteiger partial charge in [0, 0.05) is 18.5 Å². The molecule has 0 aliphatic carbocycles. The average molecular weight is 210 g/mol. The lowest BCUT2D eigenvalue weighted by atomic mass is 10.2. The minimum atomic E-state index is 0.594. The monoisotopic (exact) mass is 209 g/mol. The topological polar surface area (TPSA) is 3.24 Å². The molecule has 1 unspecified atom stereocenters. The van der Waals surface area contributed by atoms with E-state index in [1.807, 2.05) is 0 Å². The van der Waals surface area contributed by atoms with Crippen LogP contribution in [0.2, 0.25) is 0 Å². The largest absolute Gasteiger partial charge is 0.295 e. The van der Waals surface area contributed by atoms with Crippen LogP contribution in [0, 0.1) is 0 Å². The summed E-state index contributed by atoms with van der Waals surface area (Å²) in [6.45, 7) is 2.25. The van der Waals surface area contributed by atoms with Gasteiger partial charge >= 0.3 is 0 Å². The van der Waals surface area contributed by atoms with E-state index in [4.69, 9.17) is 11.6 Å². The van der Waals surface area contributed by atoms with Crippen molar-refractivity contribution in [2.45, 2.75) is 25.4 Å². The minimum Gasteiger partial charge on any atom is -0.295 e. The second-order valence-electron chi connectivity index (χ2n) is 3.91. The van der Waals surface area contributed by atoms with Crippen molar-refractivity contribution in [2.75, 3.05) is 12.4 Å². The summed E-state index contributed by atoms with van der Waals surface area (Å²) in [5.41, 5.74) is 1.39. The van der Waals surface area contributed by atoms with E-state index < -0.39 is 0 Å². The molecule has 1 heterocycles. The van der Waals surface area contributed by atoms with Crippen molar-refractivity contribution >= 4 is 11.6 Å². The molecule has 0 amide bonds. The molecular formula is C12H16ClN. The van der Waals surface area contributed by atoms with Crippen molar-refractivity contribution in [2.24, 2.45) is 0 Å². The molecule has 0 aromatic heterocycles. The average Bonchev–Trinajstić information content (AvgIpc) is 2.67. The number of alkyl halides is 1. The van der Waals surface area contributed by atoms with Gasteiger partial charge in [0.25, 0.3) is 0 Å². The van der Waals surface area contributed by atoms with Gasteiger partial charge in [-0.3, -0.25) is 4.90 Å². The first-order valence-corrected chi connectivity index (χ1v) is 5.77. The van der Waals surface area contributed by atoms with Crippen LogP contribution in [-0.4, -0.2) is 23.4 Å². The lowest BCUT2D eigenvalue weighted by Crippen LogP contribution is -2.30. The first kappa shape index (κ1) is 10.0. The van der Waals surface area contributed by atoms with E-state index in [0.717, 1.165) is 12.4 Å². The number of rotatable bonds is 3. The fourth-order valence-corrected chi connectivity index (χ4v) is 2.45. The van der Waals surface area contributed by atoms with Gasteiger partial charge in [-0.05, 0) is 24.9 Å². The molecule has 0 bridgehead atoms. The van der Waals surface area contributed by atoms with Gasteiger partial charge in [0.1, 0.15) is 0 Å². The van der Waals surface area contributed by atoms with Crippen LogP contribution in [0.4, 0.5) is 0 Å². The van der Waals surface area contributed by atoms with E-state index in [1.165, 1.54) is 24.9 Å². The van der Waals surface area contributed by atoms with Crippen molar-refractivity contribution in [3.05, 3.63) is 35.9 Å². The molecule has 0 N–H and O–H groups in total. The van der Waals surface area contributed by atoms with Gasteiger partial charge in [-0.1, -0.05) is 30.3 Å². The van der Waals surface area contributed by atoms with Crippen LogP contribution in [-0.2, 0) is 6.54 Å². The maximum Gasteiger partial charge on any atom is 0.0379 e. The molecule has 2 rings (SSSR count). The van der Waals surface area contributed by atoms with Crippen molar-refractivity contribution in [1.29, 1.82) is 0 Å². The standard InChI is InChI=1S/C12H16ClN/c13-9-12-7-4-8-14(12)10-11-5-2-1-3-6-11/h1-3,5-6,12H,4,7-10H2. The molecule has 1 fully saturated rings. The Bertz CT molecular complexity index is 273. The number of benzene rings is 1. The first-order chi connectivity index (χ1) is 6.90. The molecule has 1 aromatic carbocycles. The Morgan fingerprint density at radius 1 is 1.29 bits per heavy atom. The second-order valence-corrected chi connectivity index (χ2v) is 4.22. The summed E-state index contributed by atoms with van der Waals surface area (Å²) in [4.78, 5) is 2.49. The lowest BCUT2D eigenvalue weighted by molar-refractivity contribution is 0.263. The molecule has 0 radical (unpaired) electrons. The van der Waals surface area contributed by atoms with Crippen molar-refractivity contribution < 1.29 is 0 Å². The van der Waals surface area contributed by atoms with Gasteiger partial charge in [-0.15, -0.1) is 11.6 Å². The summed E-state index contributed by atoms with van der Waals surface area (Å²) in [7, 11) is 0. The van der Waals surface area contributed by atoms with Crippen LogP contribution in [0.3, 0.4) is 0 Å². The number of hydrogen-bond acceptors (Lipinski definition) is 1. The maximum absolute atomic E-state index is 5.93. The quantitative estimate of drug-likeness (QED) is 0.692. The summed E-state index contributed by atoms with van der Waals surface area (Å²) >= 11 is 5.93. The van der Waals surface area contributed by atoms with Crippen LogP contribution in [0.25, 0.3) is 0 Å². The van der Waals surface area contributed by atoms with Gasteiger partial charge in [0.05, 0.1) is 0 Å². The highest BCUT2D eigenvalue weighted by Gasteiger charge is 2.22. The highest BCUT2D eigenvalue weighted by Crippen LogP contribution is 2.20. The maximum atomic E-state index is 5.93. The van der Waals surface area contributed by atoms with Crippen molar-refractivity contribution in [3.63, 3.8) is 0 Å². The summed E-state index contributed by atoms with van der Waals surface area (Å²) in [6.07, 6.45) is 2.56. The molecule has 1 aliphatic heterocycles. The smallest absolute Gasteiger partial charge is 0.0379 e. The highest BCUT2D eigenvalue weighted by atomic mass is 35.5. The third-order valence-corrected chi connectivity index (χ3v) is 3.26. The summed E-state index contributed by atoms with van der Waals surface area (Å²) in [5.74, 6) is 0.771. The zero-order valence-corrected chi connectivity index (χ0v) is 9.08. The van der Waals surface area contributed by atoms with E-state index in [-0.39, 0.29) is 0 Å². The van der Waals surface area contributed by atoms with Gasteiger partial charge in [-0.25, -0.2) is 0 Å². The summed E-state index contributed by atoms with van der Waals surface area (Å²) in [6, 6.07) is 11.2. The predicted molar refractivity (Wildman–Crippen MR) is 60.6 cm³/mol. The van der Waals surface area contributed by atoms with Crippen LogP contribution in [0.15, 0.2) is 30.3 Å². The lowest BCUT2D eigenvalue weighted by Gasteiger charge is -2.22. The van der Waals surface area contributed by atoms with E-state index in [2.05, 4.69) is 35.2 Å². The molecule has 1 aliphatic rings. The highest BCUT2D eigenvalue weighted by molar-refractivity contribution is 6.18. The normalized spacial score (nSPS) is 22.8. The van der Waals surface area contributed by atoms with Crippen molar-refractivity contribution in [3.8, 4) is 0 Å². The van der Waals surface area contributed by atoms with Gasteiger partial charge in [0.15, 0.2) is 0 Å². The zero-order valence-electron chi connectivity index (χ0n) is 8.32. The van der Waals surface area contributed by atoms with Gasteiger partial charge < -0.3 is 0 Å². The molecule has 2 heteroatoms. The molecular weight excluding hydrogens is 194 g/mol. The molecule has 1 nitrogen and oxygen atoms in total. The molecule has 1 atom stereocenters. The second kappa shape index (κ2) is 4.81. The molecule has 0 saturated carbocycles. The molecule has 76 valence electrons. The van der Waals surface area contributed by atoms with Gasteiger partial charge in [-0.2, -0.15) is 0 Å². The predicted octanol–water partition coefficient (Wildman–Crippen LogP) is 2.89. The van der Waals surface area contributed by atoms with Crippen molar-refractivity contribution in [1.82, 2.24) is 4.90 Å². The SMILES string of the molecule is ClCC1CCCN1Cc1ccccc1.